The lowest BCUT2D eigenvalue weighted by molar-refractivity contribution is -0.143. The number of benzene rings is 1. The Hall–Kier alpha value is -1.95. The first-order valence-electron chi connectivity index (χ1n) is 6.71. The van der Waals surface area contributed by atoms with E-state index in [2.05, 4.69) is 5.32 Å². The number of methoxy groups -OCH3 is 4. The average Bonchev–Trinajstić information content (AvgIpc) is 2.53. The van der Waals surface area contributed by atoms with Gasteiger partial charge in [-0.15, -0.1) is 0 Å². The van der Waals surface area contributed by atoms with E-state index in [-0.39, 0.29) is 12.0 Å². The molecule has 6 nitrogen and oxygen atoms in total. The monoisotopic (exact) mass is 297 g/mol. The number of carbonyl (C=O) groups is 1. The lowest BCUT2D eigenvalue weighted by Gasteiger charge is -2.17. The summed E-state index contributed by atoms with van der Waals surface area (Å²) in [4.78, 5) is 11.6. The van der Waals surface area contributed by atoms with Crippen LogP contribution in [0.4, 0.5) is 0 Å². The fourth-order valence-corrected chi connectivity index (χ4v) is 2.02. The molecule has 0 aliphatic heterocycles. The Morgan fingerprint density at radius 1 is 1.10 bits per heavy atom. The van der Waals surface area contributed by atoms with E-state index in [1.165, 1.54) is 7.11 Å². The molecule has 1 aromatic rings. The van der Waals surface area contributed by atoms with Crippen LogP contribution >= 0.6 is 0 Å². The Morgan fingerprint density at radius 2 is 1.67 bits per heavy atom. The first-order valence-corrected chi connectivity index (χ1v) is 6.71. The highest BCUT2D eigenvalue weighted by Crippen LogP contribution is 2.38. The van der Waals surface area contributed by atoms with E-state index in [4.69, 9.17) is 18.9 Å². The standard InChI is InChI=1S/C15H23NO5/c1-6-11(15(17)21-5)16-9-10-7-12(18-2)14(20-4)13(8-10)19-3/h7-8,11,16H,6,9H2,1-5H3. The molecular formula is C15H23NO5. The van der Waals surface area contributed by atoms with Crippen molar-refractivity contribution < 1.29 is 23.7 Å². The maximum Gasteiger partial charge on any atom is 0.322 e. The zero-order valence-corrected chi connectivity index (χ0v) is 13.2. The van der Waals surface area contributed by atoms with Gasteiger partial charge in [0.25, 0.3) is 0 Å². The molecule has 0 saturated carbocycles. The number of hydrogen-bond donors (Lipinski definition) is 1. The summed E-state index contributed by atoms with van der Waals surface area (Å²) in [5.74, 6) is 1.44. The van der Waals surface area contributed by atoms with Crippen molar-refractivity contribution in [3.8, 4) is 17.2 Å². The molecule has 1 N–H and O–H groups in total. The molecule has 0 fully saturated rings. The van der Waals surface area contributed by atoms with Gasteiger partial charge in [0.05, 0.1) is 28.4 Å². The second-order valence-electron chi connectivity index (χ2n) is 4.40. The lowest BCUT2D eigenvalue weighted by atomic mass is 10.1. The van der Waals surface area contributed by atoms with E-state index < -0.39 is 0 Å². The molecule has 0 saturated heterocycles. The first kappa shape index (κ1) is 17.1. The van der Waals surface area contributed by atoms with E-state index in [0.717, 1.165) is 5.56 Å². The fraction of sp³-hybridized carbons (Fsp3) is 0.533. The van der Waals surface area contributed by atoms with E-state index in [9.17, 15) is 4.79 Å². The zero-order valence-electron chi connectivity index (χ0n) is 13.2. The van der Waals surface area contributed by atoms with Crippen LogP contribution in [0.1, 0.15) is 18.9 Å². The second-order valence-corrected chi connectivity index (χ2v) is 4.40. The van der Waals surface area contributed by atoms with Gasteiger partial charge in [-0.3, -0.25) is 4.79 Å². The molecule has 1 atom stereocenters. The van der Waals surface area contributed by atoms with Gasteiger partial charge in [0.1, 0.15) is 6.04 Å². The second kappa shape index (κ2) is 8.36. The van der Waals surface area contributed by atoms with Crippen LogP contribution in [0.5, 0.6) is 17.2 Å². The minimum Gasteiger partial charge on any atom is -0.493 e. The minimum atomic E-state index is -0.339. The van der Waals surface area contributed by atoms with Crippen LogP contribution in [0.15, 0.2) is 12.1 Å². The molecule has 21 heavy (non-hydrogen) atoms. The molecule has 0 aliphatic rings. The predicted molar refractivity (Wildman–Crippen MR) is 79.0 cm³/mol. The molecule has 0 aromatic heterocycles. The molecule has 1 rings (SSSR count). The highest BCUT2D eigenvalue weighted by atomic mass is 16.5. The average molecular weight is 297 g/mol. The Balaban J connectivity index is 2.91. The molecule has 0 amide bonds. The number of esters is 1. The normalized spacial score (nSPS) is 11.7. The van der Waals surface area contributed by atoms with Crippen LogP contribution in [0.2, 0.25) is 0 Å². The van der Waals surface area contributed by atoms with Crippen molar-refractivity contribution in [1.82, 2.24) is 5.32 Å². The maximum absolute atomic E-state index is 11.6. The molecule has 1 aromatic carbocycles. The van der Waals surface area contributed by atoms with Crippen LogP contribution in [-0.2, 0) is 16.1 Å². The van der Waals surface area contributed by atoms with Gasteiger partial charge in [-0.1, -0.05) is 6.92 Å². The summed E-state index contributed by atoms with van der Waals surface area (Å²) in [5, 5.41) is 3.15. The van der Waals surface area contributed by atoms with E-state index in [0.29, 0.717) is 30.2 Å². The Kier molecular flexibility index (Phi) is 6.81. The summed E-state index contributed by atoms with van der Waals surface area (Å²) in [5.41, 5.74) is 0.923. The molecule has 118 valence electrons. The molecule has 0 radical (unpaired) electrons. The number of carbonyl (C=O) groups excluding carboxylic acids is 1. The summed E-state index contributed by atoms with van der Waals surface area (Å²) in [6, 6.07) is 3.35. The maximum atomic E-state index is 11.6. The van der Waals surface area contributed by atoms with Crippen LogP contribution in [-0.4, -0.2) is 40.5 Å². The van der Waals surface area contributed by atoms with Crippen LogP contribution < -0.4 is 19.5 Å². The molecule has 1 unspecified atom stereocenters. The van der Waals surface area contributed by atoms with Gasteiger partial charge < -0.3 is 24.3 Å². The van der Waals surface area contributed by atoms with Crippen molar-refractivity contribution >= 4 is 5.97 Å². The predicted octanol–water partition coefficient (Wildman–Crippen LogP) is 1.75. The fourth-order valence-electron chi connectivity index (χ4n) is 2.02. The SMILES string of the molecule is CCC(NCc1cc(OC)c(OC)c(OC)c1)C(=O)OC. The highest BCUT2D eigenvalue weighted by Gasteiger charge is 2.17. The Labute approximate surface area is 125 Å². The van der Waals surface area contributed by atoms with Gasteiger partial charge in [-0.05, 0) is 24.1 Å². The largest absolute Gasteiger partial charge is 0.493 e. The molecule has 0 bridgehead atoms. The lowest BCUT2D eigenvalue weighted by Crippen LogP contribution is -2.36. The molecule has 0 spiro atoms. The molecule has 0 heterocycles. The summed E-state index contributed by atoms with van der Waals surface area (Å²) in [6.07, 6.45) is 0.650. The van der Waals surface area contributed by atoms with Crippen molar-refractivity contribution in [2.45, 2.75) is 25.9 Å². The van der Waals surface area contributed by atoms with Crippen molar-refractivity contribution in [3.63, 3.8) is 0 Å². The number of ether oxygens (including phenoxy) is 4. The summed E-state index contributed by atoms with van der Waals surface area (Å²) in [7, 11) is 6.07. The van der Waals surface area contributed by atoms with Crippen molar-refractivity contribution in [2.75, 3.05) is 28.4 Å². The van der Waals surface area contributed by atoms with Crippen LogP contribution in [0, 0.1) is 0 Å². The van der Waals surface area contributed by atoms with Crippen molar-refractivity contribution in [3.05, 3.63) is 17.7 Å². The number of nitrogens with one attached hydrogen (secondary N) is 1. The Morgan fingerprint density at radius 3 is 2.05 bits per heavy atom. The zero-order chi connectivity index (χ0) is 15.8. The van der Waals surface area contributed by atoms with Gasteiger partial charge in [0, 0.05) is 6.54 Å². The number of hydrogen-bond acceptors (Lipinski definition) is 6. The van der Waals surface area contributed by atoms with E-state index in [1.807, 2.05) is 19.1 Å². The topological polar surface area (TPSA) is 66.0 Å². The molecule has 0 aliphatic carbocycles. The first-order chi connectivity index (χ1) is 10.1. The molecule has 6 heteroatoms. The van der Waals surface area contributed by atoms with E-state index >= 15 is 0 Å². The smallest absolute Gasteiger partial charge is 0.322 e. The van der Waals surface area contributed by atoms with Gasteiger partial charge >= 0.3 is 5.97 Å². The minimum absolute atomic E-state index is 0.273. The van der Waals surface area contributed by atoms with Gasteiger partial charge in [-0.2, -0.15) is 0 Å². The quantitative estimate of drug-likeness (QED) is 0.738. The Bertz CT molecular complexity index is 450. The summed E-state index contributed by atoms with van der Waals surface area (Å²) < 4.78 is 20.6. The highest BCUT2D eigenvalue weighted by molar-refractivity contribution is 5.75. The van der Waals surface area contributed by atoms with Gasteiger partial charge in [-0.25, -0.2) is 0 Å². The van der Waals surface area contributed by atoms with E-state index in [1.54, 1.807) is 21.3 Å². The van der Waals surface area contributed by atoms with Crippen LogP contribution in [0.3, 0.4) is 0 Å². The van der Waals surface area contributed by atoms with Gasteiger partial charge in [0.2, 0.25) is 5.75 Å². The van der Waals surface area contributed by atoms with Gasteiger partial charge in [0.15, 0.2) is 11.5 Å². The van der Waals surface area contributed by atoms with Crippen molar-refractivity contribution in [2.24, 2.45) is 0 Å². The molecular weight excluding hydrogens is 274 g/mol. The summed E-state index contributed by atoms with van der Waals surface area (Å²) in [6.45, 7) is 2.41. The third-order valence-electron chi connectivity index (χ3n) is 3.17. The van der Waals surface area contributed by atoms with Crippen LogP contribution in [0.25, 0.3) is 0 Å². The van der Waals surface area contributed by atoms with Crippen molar-refractivity contribution in [1.29, 1.82) is 0 Å². The third kappa shape index (κ3) is 4.26. The number of rotatable bonds is 8. The summed E-state index contributed by atoms with van der Waals surface area (Å²) >= 11 is 0. The third-order valence-corrected chi connectivity index (χ3v) is 3.17.